The zero-order valence-corrected chi connectivity index (χ0v) is 11.0. The van der Waals surface area contributed by atoms with Crippen LogP contribution in [0.15, 0.2) is 48.5 Å². The van der Waals surface area contributed by atoms with Crippen LogP contribution in [0.25, 0.3) is 0 Å². The summed E-state index contributed by atoms with van der Waals surface area (Å²) in [6, 6.07) is 15.2. The predicted molar refractivity (Wildman–Crippen MR) is 75.1 cm³/mol. The Morgan fingerprint density at radius 3 is 2.50 bits per heavy atom. The van der Waals surface area contributed by atoms with E-state index in [0.29, 0.717) is 11.6 Å². The van der Waals surface area contributed by atoms with Crippen molar-refractivity contribution >= 4 is 11.6 Å². The van der Waals surface area contributed by atoms with Crippen molar-refractivity contribution < 1.29 is 4.74 Å². The van der Waals surface area contributed by atoms with E-state index in [2.05, 4.69) is 0 Å². The first-order chi connectivity index (χ1) is 8.74. The normalized spacial score (nSPS) is 12.2. The number of hydrogen-bond acceptors (Lipinski definition) is 2. The number of halogens is 1. The summed E-state index contributed by atoms with van der Waals surface area (Å²) in [5.74, 6) is 0.751. The van der Waals surface area contributed by atoms with Gasteiger partial charge in [0.05, 0.1) is 12.6 Å². The molecule has 0 saturated carbocycles. The van der Waals surface area contributed by atoms with Crippen LogP contribution in [0.5, 0.6) is 5.75 Å². The molecule has 2 aromatic carbocycles. The van der Waals surface area contributed by atoms with Crippen LogP contribution in [0, 0.1) is 0 Å². The van der Waals surface area contributed by atoms with Gasteiger partial charge in [0.1, 0.15) is 5.75 Å². The van der Waals surface area contributed by atoms with Crippen LogP contribution in [0.2, 0.25) is 5.02 Å². The van der Waals surface area contributed by atoms with E-state index in [1.54, 1.807) is 0 Å². The lowest BCUT2D eigenvalue weighted by molar-refractivity contribution is 0.335. The molecule has 2 aromatic rings. The standard InChI is InChI=1S/C15H16ClNO/c1-2-18-13-10-6-9-12(16)14(13)15(17)11-7-4-3-5-8-11/h3-10,15H,2,17H2,1H3. The van der Waals surface area contributed by atoms with Gasteiger partial charge in [0.25, 0.3) is 0 Å². The van der Waals surface area contributed by atoms with E-state index in [0.717, 1.165) is 16.9 Å². The predicted octanol–water partition coefficient (Wildman–Crippen LogP) is 3.79. The van der Waals surface area contributed by atoms with Crippen LogP contribution in [0.4, 0.5) is 0 Å². The number of benzene rings is 2. The lowest BCUT2D eigenvalue weighted by Gasteiger charge is -2.18. The van der Waals surface area contributed by atoms with Gasteiger partial charge < -0.3 is 10.5 Å². The fourth-order valence-corrected chi connectivity index (χ4v) is 2.21. The lowest BCUT2D eigenvalue weighted by atomic mass is 9.99. The largest absolute Gasteiger partial charge is 0.493 e. The third-order valence-corrected chi connectivity index (χ3v) is 3.11. The highest BCUT2D eigenvalue weighted by Gasteiger charge is 2.17. The van der Waals surface area contributed by atoms with E-state index in [-0.39, 0.29) is 6.04 Å². The van der Waals surface area contributed by atoms with Crippen molar-refractivity contribution in [3.05, 3.63) is 64.7 Å². The van der Waals surface area contributed by atoms with Gasteiger partial charge >= 0.3 is 0 Å². The molecule has 2 nitrogen and oxygen atoms in total. The smallest absolute Gasteiger partial charge is 0.125 e. The highest BCUT2D eigenvalue weighted by atomic mass is 35.5. The second-order valence-corrected chi connectivity index (χ2v) is 4.38. The molecule has 2 N–H and O–H groups in total. The van der Waals surface area contributed by atoms with Crippen LogP contribution in [0.3, 0.4) is 0 Å². The van der Waals surface area contributed by atoms with Gasteiger partial charge in [-0.15, -0.1) is 0 Å². The average molecular weight is 262 g/mol. The molecular weight excluding hydrogens is 246 g/mol. The second-order valence-electron chi connectivity index (χ2n) is 3.97. The summed E-state index contributed by atoms with van der Waals surface area (Å²) in [4.78, 5) is 0. The average Bonchev–Trinajstić information content (AvgIpc) is 2.40. The first-order valence-electron chi connectivity index (χ1n) is 5.95. The minimum atomic E-state index is -0.276. The maximum absolute atomic E-state index is 6.28. The summed E-state index contributed by atoms with van der Waals surface area (Å²) in [5, 5.41) is 0.636. The van der Waals surface area contributed by atoms with Crippen LogP contribution >= 0.6 is 11.6 Å². The molecule has 0 heterocycles. The van der Waals surface area contributed by atoms with Gasteiger partial charge in [-0.3, -0.25) is 0 Å². The van der Waals surface area contributed by atoms with E-state index in [4.69, 9.17) is 22.1 Å². The Morgan fingerprint density at radius 2 is 1.83 bits per heavy atom. The summed E-state index contributed by atoms with van der Waals surface area (Å²) in [7, 11) is 0. The fraction of sp³-hybridized carbons (Fsp3) is 0.200. The summed E-state index contributed by atoms with van der Waals surface area (Å²) in [6.07, 6.45) is 0. The molecule has 0 spiro atoms. The van der Waals surface area contributed by atoms with E-state index >= 15 is 0 Å². The SMILES string of the molecule is CCOc1cccc(Cl)c1C(N)c1ccccc1. The van der Waals surface area contributed by atoms with Gasteiger partial charge in [-0.05, 0) is 24.6 Å². The van der Waals surface area contributed by atoms with E-state index in [1.807, 2.05) is 55.5 Å². The lowest BCUT2D eigenvalue weighted by Crippen LogP contribution is -2.14. The number of ether oxygens (including phenoxy) is 1. The third kappa shape index (κ3) is 2.66. The summed E-state index contributed by atoms with van der Waals surface area (Å²) < 4.78 is 5.60. The molecule has 94 valence electrons. The van der Waals surface area contributed by atoms with E-state index in [1.165, 1.54) is 0 Å². The maximum atomic E-state index is 6.28. The first kappa shape index (κ1) is 12.9. The summed E-state index contributed by atoms with van der Waals surface area (Å²) >= 11 is 6.25. The number of nitrogens with two attached hydrogens (primary N) is 1. The van der Waals surface area contributed by atoms with Gasteiger partial charge in [-0.1, -0.05) is 48.0 Å². The van der Waals surface area contributed by atoms with Gasteiger partial charge in [-0.25, -0.2) is 0 Å². The zero-order valence-electron chi connectivity index (χ0n) is 10.3. The minimum Gasteiger partial charge on any atom is -0.493 e. The molecule has 0 aliphatic carbocycles. The maximum Gasteiger partial charge on any atom is 0.125 e. The first-order valence-corrected chi connectivity index (χ1v) is 6.33. The molecule has 0 radical (unpaired) electrons. The molecule has 0 fully saturated rings. The monoisotopic (exact) mass is 261 g/mol. The molecule has 0 aliphatic heterocycles. The van der Waals surface area contributed by atoms with Crippen molar-refractivity contribution in [2.24, 2.45) is 5.73 Å². The number of rotatable bonds is 4. The molecule has 1 unspecified atom stereocenters. The molecule has 0 saturated heterocycles. The fourth-order valence-electron chi connectivity index (χ4n) is 1.93. The molecule has 0 amide bonds. The van der Waals surface area contributed by atoms with Gasteiger partial charge in [0.15, 0.2) is 0 Å². The molecule has 0 aliphatic rings. The molecule has 2 rings (SSSR count). The second kappa shape index (κ2) is 5.89. The Balaban J connectivity index is 2.43. The van der Waals surface area contributed by atoms with E-state index < -0.39 is 0 Å². The van der Waals surface area contributed by atoms with Gasteiger partial charge in [-0.2, -0.15) is 0 Å². The van der Waals surface area contributed by atoms with Crippen molar-refractivity contribution in [3.8, 4) is 5.75 Å². The molecular formula is C15H16ClNO. The highest BCUT2D eigenvalue weighted by Crippen LogP contribution is 2.34. The van der Waals surface area contributed by atoms with E-state index in [9.17, 15) is 0 Å². The highest BCUT2D eigenvalue weighted by molar-refractivity contribution is 6.31. The van der Waals surface area contributed by atoms with Crippen molar-refractivity contribution in [2.75, 3.05) is 6.61 Å². The quantitative estimate of drug-likeness (QED) is 0.909. The van der Waals surface area contributed by atoms with Gasteiger partial charge in [0.2, 0.25) is 0 Å². The van der Waals surface area contributed by atoms with Crippen LogP contribution in [0.1, 0.15) is 24.1 Å². The van der Waals surface area contributed by atoms with Crippen molar-refractivity contribution in [1.29, 1.82) is 0 Å². The molecule has 0 aromatic heterocycles. The zero-order chi connectivity index (χ0) is 13.0. The Morgan fingerprint density at radius 1 is 1.11 bits per heavy atom. The van der Waals surface area contributed by atoms with Crippen LogP contribution in [-0.2, 0) is 0 Å². The Bertz CT molecular complexity index is 513. The topological polar surface area (TPSA) is 35.2 Å². The Kier molecular flexibility index (Phi) is 4.24. The van der Waals surface area contributed by atoms with Crippen molar-refractivity contribution in [3.63, 3.8) is 0 Å². The number of hydrogen-bond donors (Lipinski definition) is 1. The minimum absolute atomic E-state index is 0.276. The van der Waals surface area contributed by atoms with Crippen LogP contribution in [-0.4, -0.2) is 6.61 Å². The van der Waals surface area contributed by atoms with Crippen molar-refractivity contribution in [2.45, 2.75) is 13.0 Å². The third-order valence-electron chi connectivity index (χ3n) is 2.78. The molecule has 18 heavy (non-hydrogen) atoms. The summed E-state index contributed by atoms with van der Waals surface area (Å²) in [5.41, 5.74) is 8.14. The molecule has 1 atom stereocenters. The summed E-state index contributed by atoms with van der Waals surface area (Å²) in [6.45, 7) is 2.54. The van der Waals surface area contributed by atoms with Gasteiger partial charge in [0, 0.05) is 10.6 Å². The molecule has 3 heteroatoms. The Labute approximate surface area is 112 Å². The van der Waals surface area contributed by atoms with Crippen LogP contribution < -0.4 is 10.5 Å². The molecule has 0 bridgehead atoms. The van der Waals surface area contributed by atoms with Crippen molar-refractivity contribution in [1.82, 2.24) is 0 Å². The Hall–Kier alpha value is -1.51.